The van der Waals surface area contributed by atoms with E-state index in [9.17, 15) is 14.4 Å². The number of esters is 1. The van der Waals surface area contributed by atoms with Gasteiger partial charge >= 0.3 is 5.97 Å². The van der Waals surface area contributed by atoms with Gasteiger partial charge < -0.3 is 15.0 Å². The predicted octanol–water partition coefficient (Wildman–Crippen LogP) is 2.57. The fraction of sp³-hybridized carbons (Fsp3) is 0.217. The molecule has 30 heavy (non-hydrogen) atoms. The second kappa shape index (κ2) is 9.17. The molecule has 0 saturated carbocycles. The summed E-state index contributed by atoms with van der Waals surface area (Å²) in [6, 6.07) is 16.8. The van der Waals surface area contributed by atoms with Gasteiger partial charge in [-0.15, -0.1) is 0 Å². The van der Waals surface area contributed by atoms with Crippen LogP contribution in [0.3, 0.4) is 0 Å². The summed E-state index contributed by atoms with van der Waals surface area (Å²) in [6.45, 7) is 1.37. The fourth-order valence-corrected chi connectivity index (χ4v) is 2.81. The molecule has 0 radical (unpaired) electrons. The maximum atomic E-state index is 12.7. The molecule has 7 heteroatoms. The van der Waals surface area contributed by atoms with Crippen molar-refractivity contribution in [3.8, 4) is 11.3 Å². The molecule has 1 N–H and O–H groups in total. The monoisotopic (exact) mass is 405 g/mol. The van der Waals surface area contributed by atoms with E-state index in [0.29, 0.717) is 22.2 Å². The standard InChI is InChI=1S/C23H23N3O4/c1-15-8-10-16(11-9-15)20-12-18(17-6-4-5-7-19(17)25-20)23(29)30-14-21(27)24-13-22(28)26(2)3/h4-12H,13-14H2,1-3H3,(H,24,27). The van der Waals surface area contributed by atoms with Crippen molar-refractivity contribution < 1.29 is 19.1 Å². The van der Waals surface area contributed by atoms with Crippen molar-refractivity contribution in [2.24, 2.45) is 0 Å². The van der Waals surface area contributed by atoms with E-state index in [-0.39, 0.29) is 12.5 Å². The number of ether oxygens (including phenoxy) is 1. The molecule has 0 saturated heterocycles. The number of benzene rings is 2. The molecular weight excluding hydrogens is 382 g/mol. The molecule has 0 spiro atoms. The molecule has 154 valence electrons. The number of aryl methyl sites for hydroxylation is 1. The van der Waals surface area contributed by atoms with Gasteiger partial charge in [0.15, 0.2) is 6.61 Å². The largest absolute Gasteiger partial charge is 0.452 e. The molecule has 0 unspecified atom stereocenters. The number of nitrogens with one attached hydrogen (secondary N) is 1. The van der Waals surface area contributed by atoms with Crippen LogP contribution in [0.15, 0.2) is 54.6 Å². The van der Waals surface area contributed by atoms with E-state index >= 15 is 0 Å². The van der Waals surface area contributed by atoms with Gasteiger partial charge in [-0.1, -0.05) is 48.0 Å². The zero-order valence-corrected chi connectivity index (χ0v) is 17.1. The Bertz CT molecular complexity index is 1090. The van der Waals surface area contributed by atoms with E-state index in [2.05, 4.69) is 10.3 Å². The smallest absolute Gasteiger partial charge is 0.339 e. The Hall–Kier alpha value is -3.74. The lowest BCUT2D eigenvalue weighted by atomic mass is 10.0. The molecule has 0 bridgehead atoms. The summed E-state index contributed by atoms with van der Waals surface area (Å²) in [6.07, 6.45) is 0. The van der Waals surface area contributed by atoms with E-state index in [1.807, 2.05) is 49.4 Å². The van der Waals surface area contributed by atoms with Crippen molar-refractivity contribution in [3.05, 3.63) is 65.7 Å². The zero-order valence-electron chi connectivity index (χ0n) is 17.1. The Kier molecular flexibility index (Phi) is 6.41. The first kappa shape index (κ1) is 21.0. The molecule has 0 aliphatic rings. The highest BCUT2D eigenvalue weighted by molar-refractivity contribution is 6.05. The lowest BCUT2D eigenvalue weighted by Gasteiger charge is -2.12. The number of amides is 2. The van der Waals surface area contributed by atoms with E-state index in [1.165, 1.54) is 4.90 Å². The fourth-order valence-electron chi connectivity index (χ4n) is 2.81. The topological polar surface area (TPSA) is 88.6 Å². The van der Waals surface area contributed by atoms with Crippen molar-refractivity contribution in [1.29, 1.82) is 0 Å². The van der Waals surface area contributed by atoms with Crippen LogP contribution in [-0.2, 0) is 14.3 Å². The van der Waals surface area contributed by atoms with E-state index in [0.717, 1.165) is 11.1 Å². The van der Waals surface area contributed by atoms with Crippen LogP contribution in [0.4, 0.5) is 0 Å². The third-order valence-electron chi connectivity index (χ3n) is 4.55. The highest BCUT2D eigenvalue weighted by Gasteiger charge is 2.17. The predicted molar refractivity (Wildman–Crippen MR) is 114 cm³/mol. The molecular formula is C23H23N3O4. The quantitative estimate of drug-likeness (QED) is 0.637. The summed E-state index contributed by atoms with van der Waals surface area (Å²) in [5, 5.41) is 3.07. The lowest BCUT2D eigenvalue weighted by Crippen LogP contribution is -2.38. The summed E-state index contributed by atoms with van der Waals surface area (Å²) in [5.41, 5.74) is 3.62. The van der Waals surface area contributed by atoms with Crippen molar-refractivity contribution in [3.63, 3.8) is 0 Å². The van der Waals surface area contributed by atoms with Gasteiger partial charge in [-0.3, -0.25) is 9.59 Å². The number of likely N-dealkylation sites (N-methyl/N-ethyl adjacent to an activating group) is 1. The van der Waals surface area contributed by atoms with Crippen molar-refractivity contribution in [2.45, 2.75) is 6.92 Å². The lowest BCUT2D eigenvalue weighted by molar-refractivity contribution is -0.131. The number of fused-ring (bicyclic) bond motifs is 1. The van der Waals surface area contributed by atoms with Gasteiger partial charge in [0, 0.05) is 25.0 Å². The molecule has 3 rings (SSSR count). The molecule has 0 aliphatic carbocycles. The second-order valence-corrected chi connectivity index (χ2v) is 7.08. The Labute approximate surface area is 174 Å². The number of aromatic nitrogens is 1. The van der Waals surface area contributed by atoms with Crippen molar-refractivity contribution in [2.75, 3.05) is 27.2 Å². The number of para-hydroxylation sites is 1. The summed E-state index contributed by atoms with van der Waals surface area (Å²) in [5.74, 6) is -1.43. The molecule has 1 heterocycles. The Morgan fingerprint density at radius 2 is 1.73 bits per heavy atom. The Balaban J connectivity index is 1.80. The minimum absolute atomic E-state index is 0.154. The SMILES string of the molecule is Cc1ccc(-c2cc(C(=O)OCC(=O)NCC(=O)N(C)C)c3ccccc3n2)cc1. The molecule has 7 nitrogen and oxygen atoms in total. The number of hydrogen-bond acceptors (Lipinski definition) is 5. The summed E-state index contributed by atoms with van der Waals surface area (Å²) < 4.78 is 5.20. The van der Waals surface area contributed by atoms with Gasteiger partial charge in [-0.2, -0.15) is 0 Å². The molecule has 0 atom stereocenters. The maximum absolute atomic E-state index is 12.7. The van der Waals surface area contributed by atoms with Crippen LogP contribution in [0.25, 0.3) is 22.2 Å². The first-order valence-electron chi connectivity index (χ1n) is 9.46. The number of carbonyl (C=O) groups is 3. The van der Waals surface area contributed by atoms with Crippen LogP contribution in [0, 0.1) is 6.92 Å². The van der Waals surface area contributed by atoms with Crippen LogP contribution >= 0.6 is 0 Å². The molecule has 2 amide bonds. The number of carbonyl (C=O) groups excluding carboxylic acids is 3. The first-order valence-corrected chi connectivity index (χ1v) is 9.46. The Morgan fingerprint density at radius 1 is 1.03 bits per heavy atom. The average molecular weight is 405 g/mol. The van der Waals surface area contributed by atoms with Gasteiger partial charge in [-0.05, 0) is 19.1 Å². The van der Waals surface area contributed by atoms with Crippen LogP contribution in [0.5, 0.6) is 0 Å². The summed E-state index contributed by atoms with van der Waals surface area (Å²) >= 11 is 0. The Morgan fingerprint density at radius 3 is 2.43 bits per heavy atom. The maximum Gasteiger partial charge on any atom is 0.339 e. The molecule has 0 aliphatic heterocycles. The number of nitrogens with zero attached hydrogens (tertiary/aromatic N) is 2. The molecule has 3 aromatic rings. The van der Waals surface area contributed by atoms with Crippen LogP contribution < -0.4 is 5.32 Å². The van der Waals surface area contributed by atoms with Crippen LogP contribution in [0.1, 0.15) is 15.9 Å². The zero-order chi connectivity index (χ0) is 21.7. The van der Waals surface area contributed by atoms with Gasteiger partial charge in [0.1, 0.15) is 0 Å². The summed E-state index contributed by atoms with van der Waals surface area (Å²) in [4.78, 5) is 42.2. The average Bonchev–Trinajstić information content (AvgIpc) is 2.75. The van der Waals surface area contributed by atoms with E-state index < -0.39 is 18.5 Å². The minimum atomic E-state index is -0.629. The van der Waals surface area contributed by atoms with Gasteiger partial charge in [0.25, 0.3) is 5.91 Å². The second-order valence-electron chi connectivity index (χ2n) is 7.08. The van der Waals surface area contributed by atoms with E-state index in [4.69, 9.17) is 4.74 Å². The van der Waals surface area contributed by atoms with Gasteiger partial charge in [0.05, 0.1) is 23.3 Å². The summed E-state index contributed by atoms with van der Waals surface area (Å²) in [7, 11) is 3.18. The minimum Gasteiger partial charge on any atom is -0.452 e. The van der Waals surface area contributed by atoms with Gasteiger partial charge in [0.2, 0.25) is 5.91 Å². The van der Waals surface area contributed by atoms with E-state index in [1.54, 1.807) is 26.2 Å². The van der Waals surface area contributed by atoms with Crippen molar-refractivity contribution in [1.82, 2.24) is 15.2 Å². The highest BCUT2D eigenvalue weighted by Crippen LogP contribution is 2.25. The van der Waals surface area contributed by atoms with Crippen molar-refractivity contribution >= 4 is 28.7 Å². The van der Waals surface area contributed by atoms with Crippen LogP contribution in [0.2, 0.25) is 0 Å². The van der Waals surface area contributed by atoms with Gasteiger partial charge in [-0.25, -0.2) is 9.78 Å². The molecule has 0 fully saturated rings. The third kappa shape index (κ3) is 5.00. The highest BCUT2D eigenvalue weighted by atomic mass is 16.5. The normalized spacial score (nSPS) is 10.5. The third-order valence-corrected chi connectivity index (χ3v) is 4.55. The molecule has 2 aromatic carbocycles. The first-order chi connectivity index (χ1) is 14.3. The molecule has 1 aromatic heterocycles. The number of hydrogen-bond donors (Lipinski definition) is 1. The number of pyridine rings is 1. The number of rotatable bonds is 6. The van der Waals surface area contributed by atoms with Crippen LogP contribution in [-0.4, -0.2) is 54.9 Å².